The number of carbonyl (C=O) groups excluding carboxylic acids is 1. The van der Waals surface area contributed by atoms with E-state index in [0.717, 1.165) is 9.20 Å². The summed E-state index contributed by atoms with van der Waals surface area (Å²) in [7, 11) is -2.50. The first-order chi connectivity index (χ1) is 15.9. The molecule has 0 spiro atoms. The Morgan fingerprint density at radius 1 is 1.00 bits per heavy atom. The van der Waals surface area contributed by atoms with Gasteiger partial charge in [0.05, 0.1) is 24.3 Å². The molecular formula is C24H26N2O5S2. The molecule has 0 unspecified atom stereocenters. The van der Waals surface area contributed by atoms with Gasteiger partial charge in [0.2, 0.25) is 5.91 Å². The Morgan fingerprint density at radius 3 is 2.27 bits per heavy atom. The number of para-hydroxylation sites is 2. The maximum Gasteiger partial charge on any atom is 0.264 e. The Hall–Kier alpha value is -3.17. The number of hydrogen-bond acceptors (Lipinski definition) is 6. The van der Waals surface area contributed by atoms with E-state index in [2.05, 4.69) is 5.32 Å². The Morgan fingerprint density at radius 2 is 1.67 bits per heavy atom. The van der Waals surface area contributed by atoms with Crippen LogP contribution in [-0.4, -0.2) is 40.8 Å². The summed E-state index contributed by atoms with van der Waals surface area (Å²) in [5.41, 5.74) is 0.818. The Labute approximate surface area is 198 Å². The van der Waals surface area contributed by atoms with Crippen molar-refractivity contribution in [2.75, 3.05) is 36.1 Å². The van der Waals surface area contributed by atoms with Gasteiger partial charge in [0.1, 0.15) is 18.0 Å². The second kappa shape index (κ2) is 11.1. The van der Waals surface area contributed by atoms with Crippen LogP contribution in [0.2, 0.25) is 0 Å². The second-order valence-electron chi connectivity index (χ2n) is 6.86. The van der Waals surface area contributed by atoms with Crippen LogP contribution >= 0.6 is 11.8 Å². The molecule has 0 aromatic heterocycles. The fourth-order valence-corrected chi connectivity index (χ4v) is 4.96. The molecule has 0 aliphatic rings. The standard InChI is InChI=1S/C24H26N2O5S2/c1-4-31-23-8-6-5-7-22(23)26(33(28,29)21-15-13-20(32-3)14-16-21)17-24(27)25-18-9-11-19(30-2)12-10-18/h5-16H,4,17H2,1-3H3,(H,25,27). The van der Waals surface area contributed by atoms with Gasteiger partial charge in [-0.25, -0.2) is 8.42 Å². The van der Waals surface area contributed by atoms with Gasteiger partial charge in [-0.15, -0.1) is 11.8 Å². The van der Waals surface area contributed by atoms with E-state index < -0.39 is 22.5 Å². The molecule has 33 heavy (non-hydrogen) atoms. The van der Waals surface area contributed by atoms with Crippen molar-refractivity contribution >= 4 is 39.1 Å². The molecule has 7 nitrogen and oxygen atoms in total. The van der Waals surface area contributed by atoms with Crippen LogP contribution in [0.1, 0.15) is 6.92 Å². The van der Waals surface area contributed by atoms with E-state index in [0.29, 0.717) is 23.8 Å². The zero-order chi connectivity index (χ0) is 23.8. The van der Waals surface area contributed by atoms with Gasteiger partial charge in [0.25, 0.3) is 10.0 Å². The monoisotopic (exact) mass is 486 g/mol. The maximum absolute atomic E-state index is 13.6. The van der Waals surface area contributed by atoms with E-state index in [4.69, 9.17) is 9.47 Å². The SMILES string of the molecule is CCOc1ccccc1N(CC(=O)Nc1ccc(OC)cc1)S(=O)(=O)c1ccc(SC)cc1. The second-order valence-corrected chi connectivity index (χ2v) is 9.61. The number of amides is 1. The van der Waals surface area contributed by atoms with Crippen LogP contribution in [0.5, 0.6) is 11.5 Å². The lowest BCUT2D eigenvalue weighted by atomic mass is 10.3. The Kier molecular flexibility index (Phi) is 8.24. The topological polar surface area (TPSA) is 84.9 Å². The number of hydrogen-bond donors (Lipinski definition) is 1. The highest BCUT2D eigenvalue weighted by Crippen LogP contribution is 2.33. The van der Waals surface area contributed by atoms with Crippen LogP contribution in [0.3, 0.4) is 0 Å². The Balaban J connectivity index is 1.96. The first-order valence-corrected chi connectivity index (χ1v) is 12.9. The third kappa shape index (κ3) is 6.00. The summed E-state index contributed by atoms with van der Waals surface area (Å²) in [5.74, 6) is 0.536. The summed E-state index contributed by atoms with van der Waals surface area (Å²) in [4.78, 5) is 13.9. The van der Waals surface area contributed by atoms with Crippen molar-refractivity contribution in [1.82, 2.24) is 0 Å². The molecule has 3 aromatic rings. The van der Waals surface area contributed by atoms with Crippen LogP contribution in [0.15, 0.2) is 82.6 Å². The summed E-state index contributed by atoms with van der Waals surface area (Å²) in [6.45, 7) is 1.74. The fraction of sp³-hybridized carbons (Fsp3) is 0.208. The van der Waals surface area contributed by atoms with Gasteiger partial charge >= 0.3 is 0 Å². The van der Waals surface area contributed by atoms with E-state index in [9.17, 15) is 13.2 Å². The Bertz CT molecular complexity index is 1180. The number of thioether (sulfide) groups is 1. The number of benzene rings is 3. The van der Waals surface area contributed by atoms with Crippen molar-refractivity contribution in [2.24, 2.45) is 0 Å². The summed E-state index contributed by atoms with van der Waals surface area (Å²) in [6, 6.07) is 20.1. The van der Waals surface area contributed by atoms with Crippen LogP contribution in [-0.2, 0) is 14.8 Å². The van der Waals surface area contributed by atoms with Crippen molar-refractivity contribution in [2.45, 2.75) is 16.7 Å². The molecular weight excluding hydrogens is 460 g/mol. The minimum Gasteiger partial charge on any atom is -0.497 e. The predicted octanol–water partition coefficient (Wildman–Crippen LogP) is 4.65. The van der Waals surface area contributed by atoms with Crippen molar-refractivity contribution in [1.29, 1.82) is 0 Å². The van der Waals surface area contributed by atoms with Crippen LogP contribution in [0.4, 0.5) is 11.4 Å². The summed E-state index contributed by atoms with van der Waals surface area (Å²) in [5, 5.41) is 2.74. The maximum atomic E-state index is 13.6. The molecule has 3 aromatic carbocycles. The number of ether oxygens (including phenoxy) is 2. The molecule has 1 amide bonds. The molecule has 9 heteroatoms. The number of rotatable bonds is 10. The highest BCUT2D eigenvalue weighted by molar-refractivity contribution is 7.98. The van der Waals surface area contributed by atoms with Gasteiger partial charge in [-0.2, -0.15) is 0 Å². The fourth-order valence-electron chi connectivity index (χ4n) is 3.12. The summed E-state index contributed by atoms with van der Waals surface area (Å²) < 4.78 is 39.1. The average Bonchev–Trinajstić information content (AvgIpc) is 2.83. The molecule has 0 saturated carbocycles. The third-order valence-corrected chi connectivity index (χ3v) is 7.26. The van der Waals surface area contributed by atoms with E-state index in [1.807, 2.05) is 13.2 Å². The van der Waals surface area contributed by atoms with E-state index in [1.54, 1.807) is 79.9 Å². The highest BCUT2D eigenvalue weighted by atomic mass is 32.2. The minimum atomic E-state index is -4.05. The normalized spacial score (nSPS) is 11.0. The molecule has 3 rings (SSSR count). The number of nitrogens with one attached hydrogen (secondary N) is 1. The minimum absolute atomic E-state index is 0.0869. The summed E-state index contributed by atoms with van der Waals surface area (Å²) >= 11 is 1.51. The van der Waals surface area contributed by atoms with Gasteiger partial charge in [0, 0.05) is 10.6 Å². The quantitative estimate of drug-likeness (QED) is 0.420. The smallest absolute Gasteiger partial charge is 0.264 e. The van der Waals surface area contributed by atoms with Crippen LogP contribution in [0, 0.1) is 0 Å². The van der Waals surface area contributed by atoms with Crippen LogP contribution in [0.25, 0.3) is 0 Å². The van der Waals surface area contributed by atoms with Crippen molar-refractivity contribution in [3.63, 3.8) is 0 Å². The molecule has 0 aliphatic carbocycles. The van der Waals surface area contributed by atoms with Gasteiger partial charge in [-0.1, -0.05) is 12.1 Å². The molecule has 174 valence electrons. The molecule has 0 aliphatic heterocycles. The van der Waals surface area contributed by atoms with Crippen molar-refractivity contribution in [3.05, 3.63) is 72.8 Å². The summed E-state index contributed by atoms with van der Waals surface area (Å²) in [6.07, 6.45) is 1.91. The molecule has 0 fully saturated rings. The molecule has 0 bridgehead atoms. The lowest BCUT2D eigenvalue weighted by Gasteiger charge is -2.26. The predicted molar refractivity (Wildman–Crippen MR) is 132 cm³/mol. The lowest BCUT2D eigenvalue weighted by Crippen LogP contribution is -2.38. The van der Waals surface area contributed by atoms with Crippen molar-refractivity contribution < 1.29 is 22.7 Å². The molecule has 0 heterocycles. The number of carbonyl (C=O) groups is 1. The number of sulfonamides is 1. The molecule has 0 saturated heterocycles. The van der Waals surface area contributed by atoms with E-state index in [1.165, 1.54) is 11.8 Å². The first-order valence-electron chi connectivity index (χ1n) is 10.2. The highest BCUT2D eigenvalue weighted by Gasteiger charge is 2.29. The van der Waals surface area contributed by atoms with Gasteiger partial charge in [0.15, 0.2) is 0 Å². The van der Waals surface area contributed by atoms with E-state index in [-0.39, 0.29) is 10.6 Å². The largest absolute Gasteiger partial charge is 0.497 e. The first kappa shape index (κ1) is 24.5. The van der Waals surface area contributed by atoms with Gasteiger partial charge in [-0.05, 0) is 73.8 Å². The molecule has 0 radical (unpaired) electrons. The van der Waals surface area contributed by atoms with E-state index >= 15 is 0 Å². The number of nitrogens with zero attached hydrogens (tertiary/aromatic N) is 1. The van der Waals surface area contributed by atoms with Crippen LogP contribution < -0.4 is 19.1 Å². The van der Waals surface area contributed by atoms with Gasteiger partial charge in [-0.3, -0.25) is 9.10 Å². The third-order valence-electron chi connectivity index (χ3n) is 4.74. The van der Waals surface area contributed by atoms with Crippen molar-refractivity contribution in [3.8, 4) is 11.5 Å². The average molecular weight is 487 g/mol. The van der Waals surface area contributed by atoms with Gasteiger partial charge < -0.3 is 14.8 Å². The lowest BCUT2D eigenvalue weighted by molar-refractivity contribution is -0.114. The zero-order valence-electron chi connectivity index (χ0n) is 18.6. The molecule has 0 atom stereocenters. The number of anilines is 2. The zero-order valence-corrected chi connectivity index (χ0v) is 20.3. The number of methoxy groups -OCH3 is 1. The molecule has 1 N–H and O–H groups in total.